The molecule has 0 spiro atoms. The van der Waals surface area contributed by atoms with Crippen molar-refractivity contribution in [3.05, 3.63) is 66.2 Å². The Morgan fingerprint density at radius 2 is 1.89 bits per heavy atom. The first-order valence-electron chi connectivity index (χ1n) is 11.2. The molecule has 0 aliphatic carbocycles. The standard InChI is InChI=1S/C24H29BFN3O5Si/c1-35(2,3)9-8-34-24(31)28-15-22(18-10-19(25(32)33)13-20(26)11-18)23(30)29-21-5-4-17-14-27-7-6-16(17)12-21/h4-7,10-14,22,32-33H,8-9,15H2,1-3H3,(H,28,31)(H,29,30). The average molecular weight is 497 g/mol. The van der Waals surface area contributed by atoms with Crippen LogP contribution in [0.5, 0.6) is 0 Å². The van der Waals surface area contributed by atoms with Crippen LogP contribution in [0, 0.1) is 5.82 Å². The highest BCUT2D eigenvalue weighted by Gasteiger charge is 2.25. The lowest BCUT2D eigenvalue weighted by Gasteiger charge is -2.20. The number of alkyl carbamates (subject to hydrolysis) is 1. The Morgan fingerprint density at radius 1 is 1.11 bits per heavy atom. The van der Waals surface area contributed by atoms with E-state index in [0.717, 1.165) is 28.9 Å². The van der Waals surface area contributed by atoms with Gasteiger partial charge in [0.25, 0.3) is 0 Å². The Morgan fingerprint density at radius 3 is 2.60 bits per heavy atom. The summed E-state index contributed by atoms with van der Waals surface area (Å²) in [5, 5.41) is 26.1. The molecule has 0 aliphatic heterocycles. The van der Waals surface area contributed by atoms with Gasteiger partial charge < -0.3 is 25.4 Å². The molecule has 11 heteroatoms. The molecule has 0 radical (unpaired) electrons. The first-order valence-corrected chi connectivity index (χ1v) is 14.9. The maximum atomic E-state index is 14.2. The molecule has 3 rings (SSSR count). The number of rotatable bonds is 9. The molecular formula is C24H29BFN3O5Si. The van der Waals surface area contributed by atoms with E-state index in [2.05, 4.69) is 35.3 Å². The van der Waals surface area contributed by atoms with Crippen LogP contribution < -0.4 is 16.1 Å². The highest BCUT2D eigenvalue weighted by Crippen LogP contribution is 2.22. The third-order valence-electron chi connectivity index (χ3n) is 5.40. The lowest BCUT2D eigenvalue weighted by molar-refractivity contribution is -0.117. The number of amides is 2. The number of nitrogens with one attached hydrogen (secondary N) is 2. The van der Waals surface area contributed by atoms with E-state index in [1.165, 1.54) is 6.07 Å². The van der Waals surface area contributed by atoms with Gasteiger partial charge in [-0.05, 0) is 52.8 Å². The third-order valence-corrected chi connectivity index (χ3v) is 7.11. The summed E-state index contributed by atoms with van der Waals surface area (Å²) < 4.78 is 19.5. The quantitative estimate of drug-likeness (QED) is 0.338. The Bertz CT molecular complexity index is 1210. The summed E-state index contributed by atoms with van der Waals surface area (Å²) in [6.45, 7) is 6.57. The Labute approximate surface area is 204 Å². The number of pyridine rings is 1. The smallest absolute Gasteiger partial charge is 0.450 e. The molecule has 0 saturated heterocycles. The van der Waals surface area contributed by atoms with E-state index < -0.39 is 38.9 Å². The maximum Gasteiger partial charge on any atom is 0.488 e. The minimum absolute atomic E-state index is 0.103. The van der Waals surface area contributed by atoms with Gasteiger partial charge in [-0.3, -0.25) is 9.78 Å². The highest BCUT2D eigenvalue weighted by atomic mass is 28.3. The van der Waals surface area contributed by atoms with Gasteiger partial charge in [0.2, 0.25) is 5.91 Å². The first kappa shape index (κ1) is 26.3. The molecule has 0 saturated carbocycles. The third kappa shape index (κ3) is 7.88. The van der Waals surface area contributed by atoms with Gasteiger partial charge in [-0.2, -0.15) is 0 Å². The number of aromatic nitrogens is 1. The number of nitrogens with zero attached hydrogens (tertiary/aromatic N) is 1. The molecule has 1 heterocycles. The number of ether oxygens (including phenoxy) is 1. The van der Waals surface area contributed by atoms with Crippen LogP contribution in [0.15, 0.2) is 54.9 Å². The molecule has 0 bridgehead atoms. The van der Waals surface area contributed by atoms with Crippen molar-refractivity contribution in [2.75, 3.05) is 18.5 Å². The second-order valence-electron chi connectivity index (χ2n) is 9.50. The van der Waals surface area contributed by atoms with Crippen LogP contribution in [0.1, 0.15) is 11.5 Å². The molecule has 4 N–H and O–H groups in total. The molecular weight excluding hydrogens is 468 g/mol. The summed E-state index contributed by atoms with van der Waals surface area (Å²) in [6.07, 6.45) is 2.66. The molecule has 1 aromatic heterocycles. The van der Waals surface area contributed by atoms with Crippen LogP contribution >= 0.6 is 0 Å². The second-order valence-corrected chi connectivity index (χ2v) is 15.1. The second kappa shape index (κ2) is 11.4. The van der Waals surface area contributed by atoms with Gasteiger partial charge in [-0.1, -0.05) is 31.8 Å². The van der Waals surface area contributed by atoms with Crippen molar-refractivity contribution in [3.8, 4) is 0 Å². The molecule has 184 valence electrons. The van der Waals surface area contributed by atoms with Crippen molar-refractivity contribution >= 4 is 49.1 Å². The fourth-order valence-electron chi connectivity index (χ4n) is 3.42. The number of carbonyl (C=O) groups is 2. The fraction of sp³-hybridized carbons (Fsp3) is 0.292. The average Bonchev–Trinajstić information content (AvgIpc) is 2.78. The number of benzene rings is 2. The molecule has 3 aromatic rings. The zero-order valence-electron chi connectivity index (χ0n) is 19.9. The van der Waals surface area contributed by atoms with Gasteiger partial charge >= 0.3 is 13.2 Å². The zero-order valence-corrected chi connectivity index (χ0v) is 20.9. The van der Waals surface area contributed by atoms with E-state index in [-0.39, 0.29) is 24.2 Å². The van der Waals surface area contributed by atoms with Gasteiger partial charge in [-0.15, -0.1) is 0 Å². The molecule has 1 unspecified atom stereocenters. The van der Waals surface area contributed by atoms with Crippen molar-refractivity contribution in [2.45, 2.75) is 31.6 Å². The van der Waals surface area contributed by atoms with Gasteiger partial charge in [0.05, 0.1) is 12.5 Å². The number of hydrogen-bond donors (Lipinski definition) is 4. The van der Waals surface area contributed by atoms with E-state index in [0.29, 0.717) is 5.69 Å². The van der Waals surface area contributed by atoms with Crippen LogP contribution in [0.25, 0.3) is 10.8 Å². The fourth-order valence-corrected chi connectivity index (χ4v) is 4.14. The topological polar surface area (TPSA) is 121 Å². The van der Waals surface area contributed by atoms with Gasteiger partial charge in [-0.25, -0.2) is 9.18 Å². The molecule has 8 nitrogen and oxygen atoms in total. The predicted molar refractivity (Wildman–Crippen MR) is 137 cm³/mol. The lowest BCUT2D eigenvalue weighted by Crippen LogP contribution is -2.37. The van der Waals surface area contributed by atoms with E-state index >= 15 is 0 Å². The largest absolute Gasteiger partial charge is 0.488 e. The predicted octanol–water partition coefficient (Wildman–Crippen LogP) is 2.84. The minimum Gasteiger partial charge on any atom is -0.450 e. The molecule has 1 atom stereocenters. The van der Waals surface area contributed by atoms with Crippen LogP contribution in [-0.4, -0.2) is 55.4 Å². The molecule has 35 heavy (non-hydrogen) atoms. The summed E-state index contributed by atoms with van der Waals surface area (Å²) in [4.78, 5) is 29.5. The number of fused-ring (bicyclic) bond motifs is 1. The van der Waals surface area contributed by atoms with Gasteiger partial charge in [0.15, 0.2) is 0 Å². The molecule has 0 fully saturated rings. The van der Waals surface area contributed by atoms with Crippen molar-refractivity contribution in [3.63, 3.8) is 0 Å². The SMILES string of the molecule is C[Si](C)(C)CCOC(=O)NCC(C(=O)Nc1ccc2cnccc2c1)c1cc(F)cc(B(O)O)c1. The van der Waals surface area contributed by atoms with Crippen LogP contribution in [-0.2, 0) is 9.53 Å². The van der Waals surface area contributed by atoms with Crippen LogP contribution in [0.3, 0.4) is 0 Å². The summed E-state index contributed by atoms with van der Waals surface area (Å²) >= 11 is 0. The normalized spacial score (nSPS) is 12.2. The lowest BCUT2D eigenvalue weighted by atomic mass is 9.78. The Kier molecular flexibility index (Phi) is 8.60. The van der Waals surface area contributed by atoms with Crippen molar-refractivity contribution in [1.82, 2.24) is 10.3 Å². The number of halogens is 1. The summed E-state index contributed by atoms with van der Waals surface area (Å²) in [5.74, 6) is -2.27. The summed E-state index contributed by atoms with van der Waals surface area (Å²) in [5.41, 5.74) is 0.585. The monoisotopic (exact) mass is 497 g/mol. The molecule has 2 aromatic carbocycles. The van der Waals surface area contributed by atoms with E-state index in [1.807, 2.05) is 12.1 Å². The maximum absolute atomic E-state index is 14.2. The summed E-state index contributed by atoms with van der Waals surface area (Å²) in [6, 6.07) is 11.3. The minimum atomic E-state index is -1.92. The first-order chi connectivity index (χ1) is 16.5. The molecule has 0 aliphatic rings. The van der Waals surface area contributed by atoms with Gasteiger partial charge in [0.1, 0.15) is 5.82 Å². The van der Waals surface area contributed by atoms with E-state index in [4.69, 9.17) is 4.74 Å². The number of hydrogen-bond acceptors (Lipinski definition) is 6. The van der Waals surface area contributed by atoms with Crippen LogP contribution in [0.4, 0.5) is 14.9 Å². The highest BCUT2D eigenvalue weighted by molar-refractivity contribution is 6.76. The van der Waals surface area contributed by atoms with Crippen molar-refractivity contribution in [1.29, 1.82) is 0 Å². The van der Waals surface area contributed by atoms with Crippen molar-refractivity contribution in [2.24, 2.45) is 0 Å². The zero-order chi connectivity index (χ0) is 25.6. The number of carbonyl (C=O) groups excluding carboxylic acids is 2. The Hall–Kier alpha value is -3.28. The Balaban J connectivity index is 1.80. The van der Waals surface area contributed by atoms with E-state index in [1.54, 1.807) is 24.5 Å². The number of anilines is 1. The van der Waals surface area contributed by atoms with E-state index in [9.17, 15) is 24.0 Å². The molecule has 2 amide bonds. The summed E-state index contributed by atoms with van der Waals surface area (Å²) in [7, 11) is -3.30. The van der Waals surface area contributed by atoms with Gasteiger partial charge in [0, 0.05) is 38.1 Å². The van der Waals surface area contributed by atoms with Crippen molar-refractivity contribution < 1.29 is 28.8 Å². The van der Waals surface area contributed by atoms with Crippen LogP contribution in [0.2, 0.25) is 25.7 Å².